The summed E-state index contributed by atoms with van der Waals surface area (Å²) in [6.45, 7) is 4.85. The van der Waals surface area contributed by atoms with Gasteiger partial charge >= 0.3 is 0 Å². The molecule has 2 N–H and O–H groups in total. The summed E-state index contributed by atoms with van der Waals surface area (Å²) in [7, 11) is 0. The molecule has 1 aliphatic rings. The minimum absolute atomic E-state index is 0.148. The minimum atomic E-state index is -0.148. The molecule has 0 amide bonds. The van der Waals surface area contributed by atoms with Gasteiger partial charge in [0.05, 0.1) is 12.1 Å². The Morgan fingerprint density at radius 1 is 1.35 bits per heavy atom. The molecule has 0 saturated heterocycles. The highest BCUT2D eigenvalue weighted by atomic mass is 79.9. The molecule has 2 rings (SSSR count). The van der Waals surface area contributed by atoms with Crippen molar-refractivity contribution in [2.75, 3.05) is 11.9 Å². The van der Waals surface area contributed by atoms with Gasteiger partial charge in [-0.15, -0.1) is 0 Å². The number of aliphatic hydroxyl groups is 1. The van der Waals surface area contributed by atoms with Gasteiger partial charge in [-0.25, -0.2) is 0 Å². The Labute approximate surface area is 131 Å². The van der Waals surface area contributed by atoms with Gasteiger partial charge in [0.2, 0.25) is 0 Å². The molecule has 2 atom stereocenters. The molecule has 1 fully saturated rings. The van der Waals surface area contributed by atoms with Gasteiger partial charge in [0.25, 0.3) is 0 Å². The zero-order chi connectivity index (χ0) is 14.6. The molecule has 1 aromatic rings. The Morgan fingerprint density at radius 2 is 2.15 bits per heavy atom. The zero-order valence-corrected chi connectivity index (χ0v) is 14.1. The van der Waals surface area contributed by atoms with Crippen LogP contribution in [0.15, 0.2) is 28.7 Å². The lowest BCUT2D eigenvalue weighted by molar-refractivity contribution is 0.193. The number of benzene rings is 1. The summed E-state index contributed by atoms with van der Waals surface area (Å²) in [5, 5.41) is 13.6. The lowest BCUT2D eigenvalue weighted by Crippen LogP contribution is -2.41. The van der Waals surface area contributed by atoms with Crippen LogP contribution in [0.5, 0.6) is 0 Å². The summed E-state index contributed by atoms with van der Waals surface area (Å²) < 4.78 is 1.07. The molecule has 1 aromatic carbocycles. The second kappa shape index (κ2) is 6.95. The first-order valence-electron chi connectivity index (χ1n) is 7.69. The van der Waals surface area contributed by atoms with E-state index >= 15 is 0 Å². The summed E-state index contributed by atoms with van der Waals surface area (Å²) in [5.74, 6) is 1.54. The van der Waals surface area contributed by atoms with Crippen LogP contribution in [0, 0.1) is 11.8 Å². The van der Waals surface area contributed by atoms with Crippen molar-refractivity contribution in [3.63, 3.8) is 0 Å². The summed E-state index contributed by atoms with van der Waals surface area (Å²) in [6.07, 6.45) is 5.81. The van der Waals surface area contributed by atoms with Crippen molar-refractivity contribution in [1.29, 1.82) is 0 Å². The molecule has 0 radical (unpaired) electrons. The molecule has 0 bridgehead atoms. The standard InChI is InChI=1S/C17H26BrNO/c1-13(2)14-5-4-9-17(12-20,10-8-14)19-16-7-3-6-15(18)11-16/h3,6-7,11,13-14,19-20H,4-5,8-10,12H2,1-2H3. The van der Waals surface area contributed by atoms with E-state index in [2.05, 4.69) is 47.2 Å². The van der Waals surface area contributed by atoms with Crippen molar-refractivity contribution >= 4 is 21.6 Å². The number of hydrogen-bond acceptors (Lipinski definition) is 2. The number of rotatable bonds is 4. The number of anilines is 1. The molecule has 0 aromatic heterocycles. The molecule has 2 unspecified atom stereocenters. The Morgan fingerprint density at radius 3 is 2.80 bits per heavy atom. The quantitative estimate of drug-likeness (QED) is 0.770. The fourth-order valence-corrected chi connectivity index (χ4v) is 3.69. The van der Waals surface area contributed by atoms with E-state index in [4.69, 9.17) is 0 Å². The van der Waals surface area contributed by atoms with Crippen LogP contribution in [0.1, 0.15) is 46.0 Å². The first kappa shape index (κ1) is 15.8. The first-order valence-corrected chi connectivity index (χ1v) is 8.48. The molecule has 3 heteroatoms. The van der Waals surface area contributed by atoms with Gasteiger partial charge in [-0.3, -0.25) is 0 Å². The molecular formula is C17H26BrNO. The largest absolute Gasteiger partial charge is 0.394 e. The van der Waals surface area contributed by atoms with Crippen LogP contribution >= 0.6 is 15.9 Å². The van der Waals surface area contributed by atoms with Gasteiger partial charge in [0.1, 0.15) is 0 Å². The van der Waals surface area contributed by atoms with Gasteiger partial charge in [-0.2, -0.15) is 0 Å². The highest BCUT2D eigenvalue weighted by Crippen LogP contribution is 2.36. The molecule has 112 valence electrons. The van der Waals surface area contributed by atoms with Gasteiger partial charge < -0.3 is 10.4 Å². The molecule has 0 aliphatic heterocycles. The van der Waals surface area contributed by atoms with Crippen molar-refractivity contribution in [3.05, 3.63) is 28.7 Å². The van der Waals surface area contributed by atoms with E-state index < -0.39 is 0 Å². The average molecular weight is 340 g/mol. The molecular weight excluding hydrogens is 314 g/mol. The third kappa shape index (κ3) is 3.98. The van der Waals surface area contributed by atoms with Gasteiger partial charge in [0, 0.05) is 10.2 Å². The van der Waals surface area contributed by atoms with Crippen molar-refractivity contribution in [3.8, 4) is 0 Å². The monoisotopic (exact) mass is 339 g/mol. The van der Waals surface area contributed by atoms with Crippen LogP contribution in [0.25, 0.3) is 0 Å². The zero-order valence-electron chi connectivity index (χ0n) is 12.5. The van der Waals surface area contributed by atoms with E-state index in [1.807, 2.05) is 12.1 Å². The second-order valence-electron chi connectivity index (χ2n) is 6.51. The summed E-state index contributed by atoms with van der Waals surface area (Å²) >= 11 is 3.51. The fraction of sp³-hybridized carbons (Fsp3) is 0.647. The predicted octanol–water partition coefficient (Wildman–Crippen LogP) is 4.83. The topological polar surface area (TPSA) is 32.3 Å². The SMILES string of the molecule is CC(C)C1CCCC(CO)(Nc2cccc(Br)c2)CC1. The maximum atomic E-state index is 9.95. The number of aliphatic hydroxyl groups excluding tert-OH is 1. The summed E-state index contributed by atoms with van der Waals surface area (Å²) in [6, 6.07) is 8.22. The average Bonchev–Trinajstić information content (AvgIpc) is 2.62. The van der Waals surface area contributed by atoms with Crippen LogP contribution in [0.3, 0.4) is 0 Å². The Hall–Kier alpha value is -0.540. The van der Waals surface area contributed by atoms with Crippen LogP contribution in [0.2, 0.25) is 0 Å². The van der Waals surface area contributed by atoms with Gasteiger partial charge in [-0.05, 0) is 49.3 Å². The van der Waals surface area contributed by atoms with Crippen LogP contribution < -0.4 is 5.32 Å². The number of hydrogen-bond donors (Lipinski definition) is 2. The second-order valence-corrected chi connectivity index (χ2v) is 7.42. The highest BCUT2D eigenvalue weighted by Gasteiger charge is 2.33. The van der Waals surface area contributed by atoms with Gasteiger partial charge in [-0.1, -0.05) is 48.7 Å². The van der Waals surface area contributed by atoms with E-state index in [-0.39, 0.29) is 12.1 Å². The van der Waals surface area contributed by atoms with E-state index in [0.717, 1.165) is 34.8 Å². The molecule has 1 saturated carbocycles. The molecule has 0 heterocycles. The smallest absolute Gasteiger partial charge is 0.0661 e. The lowest BCUT2D eigenvalue weighted by atomic mass is 9.86. The molecule has 20 heavy (non-hydrogen) atoms. The molecule has 0 spiro atoms. The minimum Gasteiger partial charge on any atom is -0.394 e. The van der Waals surface area contributed by atoms with Crippen LogP contribution in [-0.2, 0) is 0 Å². The van der Waals surface area contributed by atoms with Crippen molar-refractivity contribution in [1.82, 2.24) is 0 Å². The highest BCUT2D eigenvalue weighted by molar-refractivity contribution is 9.10. The third-order valence-electron chi connectivity index (χ3n) is 4.70. The van der Waals surface area contributed by atoms with Gasteiger partial charge in [0.15, 0.2) is 0 Å². The predicted molar refractivity (Wildman–Crippen MR) is 89.0 cm³/mol. The number of halogens is 1. The maximum absolute atomic E-state index is 9.95. The van der Waals surface area contributed by atoms with Crippen molar-refractivity contribution in [2.45, 2.75) is 51.5 Å². The summed E-state index contributed by atoms with van der Waals surface area (Å²) in [5.41, 5.74) is 0.946. The first-order chi connectivity index (χ1) is 9.54. The fourth-order valence-electron chi connectivity index (χ4n) is 3.30. The van der Waals surface area contributed by atoms with Crippen LogP contribution in [-0.4, -0.2) is 17.3 Å². The van der Waals surface area contributed by atoms with Crippen molar-refractivity contribution < 1.29 is 5.11 Å². The van der Waals surface area contributed by atoms with E-state index in [9.17, 15) is 5.11 Å². The summed E-state index contributed by atoms with van der Waals surface area (Å²) in [4.78, 5) is 0. The van der Waals surface area contributed by atoms with Crippen molar-refractivity contribution in [2.24, 2.45) is 11.8 Å². The Bertz CT molecular complexity index is 435. The van der Waals surface area contributed by atoms with E-state index in [1.165, 1.54) is 19.3 Å². The molecule has 2 nitrogen and oxygen atoms in total. The Balaban J connectivity index is 2.09. The lowest BCUT2D eigenvalue weighted by Gasteiger charge is -2.33. The van der Waals surface area contributed by atoms with E-state index in [0.29, 0.717) is 0 Å². The van der Waals surface area contributed by atoms with E-state index in [1.54, 1.807) is 0 Å². The normalized spacial score (nSPS) is 27.4. The number of nitrogens with one attached hydrogen (secondary N) is 1. The molecule has 1 aliphatic carbocycles. The van der Waals surface area contributed by atoms with Crippen LogP contribution in [0.4, 0.5) is 5.69 Å². The third-order valence-corrected chi connectivity index (χ3v) is 5.20. The Kier molecular flexibility index (Phi) is 5.50. The maximum Gasteiger partial charge on any atom is 0.0661 e.